The van der Waals surface area contributed by atoms with Crippen molar-refractivity contribution in [1.82, 2.24) is 9.97 Å². The van der Waals surface area contributed by atoms with Gasteiger partial charge in [0.25, 0.3) is 0 Å². The fraction of sp³-hybridized carbons (Fsp3) is 0.250. The van der Waals surface area contributed by atoms with Gasteiger partial charge in [-0.05, 0) is 19.9 Å². The smallest absolute Gasteiger partial charge is 0.178 e. The number of nitrogens with zero attached hydrogens (tertiary/aromatic N) is 3. The minimum Gasteiger partial charge on any atom is -0.383 e. The molecule has 0 aliphatic rings. The van der Waals surface area contributed by atoms with Crippen LogP contribution in [0.4, 0.5) is 5.82 Å². The molecule has 2 aromatic heterocycles. The van der Waals surface area contributed by atoms with Gasteiger partial charge in [-0.3, -0.25) is 0 Å². The second-order valence-electron chi connectivity index (χ2n) is 3.88. The Morgan fingerprint density at radius 2 is 2.19 bits per heavy atom. The Balaban J connectivity index is 2.27. The monoisotopic (exact) mass is 215 g/mol. The molecule has 2 N–H and O–H groups in total. The van der Waals surface area contributed by atoms with Crippen molar-refractivity contribution < 1.29 is 4.57 Å². The highest BCUT2D eigenvalue weighted by Gasteiger charge is 2.08. The number of hydrogen-bond acceptors (Lipinski definition) is 3. The van der Waals surface area contributed by atoms with Gasteiger partial charge in [-0.2, -0.15) is 0 Å². The van der Waals surface area contributed by atoms with E-state index in [1.807, 2.05) is 19.2 Å². The largest absolute Gasteiger partial charge is 0.383 e. The van der Waals surface area contributed by atoms with Crippen molar-refractivity contribution in [3.8, 4) is 0 Å². The minimum atomic E-state index is 0.557. The summed E-state index contributed by atoms with van der Waals surface area (Å²) in [4.78, 5) is 8.30. The molecule has 0 saturated heterocycles. The van der Waals surface area contributed by atoms with Crippen molar-refractivity contribution in [2.45, 2.75) is 20.4 Å². The summed E-state index contributed by atoms with van der Waals surface area (Å²) in [6.45, 7) is 4.60. The third-order valence-corrected chi connectivity index (χ3v) is 2.38. The molecule has 4 nitrogen and oxygen atoms in total. The summed E-state index contributed by atoms with van der Waals surface area (Å²) in [5.74, 6) is 1.26. The van der Waals surface area contributed by atoms with Gasteiger partial charge in [0.1, 0.15) is 11.6 Å². The predicted molar refractivity (Wildman–Crippen MR) is 61.7 cm³/mol. The highest BCUT2D eigenvalue weighted by molar-refractivity contribution is 5.36. The Morgan fingerprint density at radius 3 is 2.88 bits per heavy atom. The van der Waals surface area contributed by atoms with Crippen LogP contribution >= 0.6 is 0 Å². The van der Waals surface area contributed by atoms with Gasteiger partial charge in [-0.1, -0.05) is 0 Å². The van der Waals surface area contributed by atoms with Gasteiger partial charge in [0.2, 0.25) is 0 Å². The zero-order valence-electron chi connectivity index (χ0n) is 9.51. The molecular weight excluding hydrogens is 200 g/mol. The molecule has 0 aromatic carbocycles. The Bertz CT molecular complexity index is 508. The van der Waals surface area contributed by atoms with E-state index in [0.29, 0.717) is 18.2 Å². The average Bonchev–Trinajstić information content (AvgIpc) is 2.22. The van der Waals surface area contributed by atoms with Gasteiger partial charge in [-0.15, -0.1) is 0 Å². The lowest BCUT2D eigenvalue weighted by Crippen LogP contribution is -2.34. The van der Waals surface area contributed by atoms with Gasteiger partial charge >= 0.3 is 0 Å². The molecule has 0 amide bonds. The van der Waals surface area contributed by atoms with E-state index in [0.717, 1.165) is 5.56 Å². The van der Waals surface area contributed by atoms with Crippen LogP contribution in [-0.2, 0) is 6.54 Å². The van der Waals surface area contributed by atoms with E-state index >= 15 is 0 Å². The van der Waals surface area contributed by atoms with Crippen LogP contribution in [0.15, 0.2) is 30.7 Å². The van der Waals surface area contributed by atoms with Crippen molar-refractivity contribution >= 4 is 5.82 Å². The maximum atomic E-state index is 5.84. The molecule has 16 heavy (non-hydrogen) atoms. The van der Waals surface area contributed by atoms with Crippen molar-refractivity contribution in [2.75, 3.05) is 5.73 Å². The maximum absolute atomic E-state index is 5.84. The lowest BCUT2D eigenvalue weighted by molar-refractivity contribution is -0.688. The summed E-state index contributed by atoms with van der Waals surface area (Å²) in [7, 11) is 0. The molecule has 0 aliphatic carbocycles. The zero-order chi connectivity index (χ0) is 11.5. The second kappa shape index (κ2) is 4.26. The Kier molecular flexibility index (Phi) is 2.81. The first-order valence-electron chi connectivity index (χ1n) is 5.19. The number of nitrogens with two attached hydrogens (primary N) is 1. The molecule has 0 radical (unpaired) electrons. The first-order chi connectivity index (χ1) is 7.65. The highest BCUT2D eigenvalue weighted by Crippen LogP contribution is 2.06. The zero-order valence-corrected chi connectivity index (χ0v) is 9.51. The van der Waals surface area contributed by atoms with Gasteiger partial charge in [0.05, 0.1) is 5.56 Å². The first-order valence-corrected chi connectivity index (χ1v) is 5.19. The van der Waals surface area contributed by atoms with Crippen LogP contribution < -0.4 is 10.3 Å². The van der Waals surface area contributed by atoms with Crippen LogP contribution in [0.3, 0.4) is 0 Å². The topological polar surface area (TPSA) is 55.7 Å². The molecule has 2 rings (SSSR count). The first kappa shape index (κ1) is 10.5. The highest BCUT2D eigenvalue weighted by atomic mass is 15.0. The van der Waals surface area contributed by atoms with Crippen LogP contribution in [0.1, 0.15) is 17.0 Å². The van der Waals surface area contributed by atoms with Crippen LogP contribution in [0.2, 0.25) is 0 Å². The van der Waals surface area contributed by atoms with E-state index < -0.39 is 0 Å². The number of nitrogen functional groups attached to an aromatic ring is 1. The third kappa shape index (κ3) is 2.34. The van der Waals surface area contributed by atoms with Crippen molar-refractivity contribution in [3.63, 3.8) is 0 Å². The van der Waals surface area contributed by atoms with Gasteiger partial charge in [-0.25, -0.2) is 14.5 Å². The molecule has 0 aliphatic heterocycles. The minimum absolute atomic E-state index is 0.557. The average molecular weight is 215 g/mol. The van der Waals surface area contributed by atoms with E-state index in [1.165, 1.54) is 5.56 Å². The summed E-state index contributed by atoms with van der Waals surface area (Å²) >= 11 is 0. The number of aryl methyl sites for hydroxylation is 2. The van der Waals surface area contributed by atoms with Gasteiger partial charge < -0.3 is 5.73 Å². The summed E-state index contributed by atoms with van der Waals surface area (Å²) < 4.78 is 2.07. The summed E-state index contributed by atoms with van der Waals surface area (Å²) in [6.07, 6.45) is 5.86. The summed E-state index contributed by atoms with van der Waals surface area (Å²) in [5.41, 5.74) is 8.01. The van der Waals surface area contributed by atoms with Crippen molar-refractivity contribution in [1.29, 1.82) is 0 Å². The van der Waals surface area contributed by atoms with Crippen LogP contribution in [0.25, 0.3) is 0 Å². The number of rotatable bonds is 2. The molecular formula is C12H15N4+. The van der Waals surface area contributed by atoms with E-state index in [2.05, 4.69) is 33.7 Å². The fourth-order valence-electron chi connectivity index (χ4n) is 1.58. The van der Waals surface area contributed by atoms with E-state index in [4.69, 9.17) is 5.73 Å². The molecule has 0 unspecified atom stereocenters. The standard InChI is InChI=1S/C12H15N4/c1-9-4-3-5-16(7-9)8-11-6-14-10(2)15-12(11)13/h3-7H,8H2,1-2H3,(H2,13,14,15)/q+1. The van der Waals surface area contributed by atoms with E-state index in [1.54, 1.807) is 6.20 Å². The number of aromatic nitrogens is 3. The lowest BCUT2D eigenvalue weighted by atomic mass is 10.2. The van der Waals surface area contributed by atoms with Crippen LogP contribution in [0.5, 0.6) is 0 Å². The van der Waals surface area contributed by atoms with E-state index in [-0.39, 0.29) is 0 Å². The summed E-state index contributed by atoms with van der Waals surface area (Å²) in [6, 6.07) is 4.08. The third-order valence-electron chi connectivity index (χ3n) is 2.38. The number of anilines is 1. The second-order valence-corrected chi connectivity index (χ2v) is 3.88. The molecule has 0 atom stereocenters. The van der Waals surface area contributed by atoms with Crippen molar-refractivity contribution in [3.05, 3.63) is 47.7 Å². The Morgan fingerprint density at radius 1 is 1.38 bits per heavy atom. The quantitative estimate of drug-likeness (QED) is 0.761. The maximum Gasteiger partial charge on any atom is 0.178 e. The molecule has 4 heteroatoms. The summed E-state index contributed by atoms with van der Waals surface area (Å²) in [5, 5.41) is 0. The predicted octanol–water partition coefficient (Wildman–Crippen LogP) is 1.01. The lowest BCUT2D eigenvalue weighted by Gasteiger charge is -2.02. The molecule has 82 valence electrons. The van der Waals surface area contributed by atoms with Crippen LogP contribution in [0, 0.1) is 13.8 Å². The molecule has 0 fully saturated rings. The van der Waals surface area contributed by atoms with Crippen LogP contribution in [-0.4, -0.2) is 9.97 Å². The Hall–Kier alpha value is -1.97. The van der Waals surface area contributed by atoms with E-state index in [9.17, 15) is 0 Å². The van der Waals surface area contributed by atoms with Crippen molar-refractivity contribution in [2.24, 2.45) is 0 Å². The molecule has 2 heterocycles. The van der Waals surface area contributed by atoms with Gasteiger partial charge in [0.15, 0.2) is 18.9 Å². The molecule has 0 spiro atoms. The van der Waals surface area contributed by atoms with Gasteiger partial charge in [0, 0.05) is 17.8 Å². The Labute approximate surface area is 94.8 Å². The molecule has 0 saturated carbocycles. The molecule has 0 bridgehead atoms. The fourth-order valence-corrected chi connectivity index (χ4v) is 1.58. The normalized spacial score (nSPS) is 10.4. The molecule has 2 aromatic rings. The number of hydrogen-bond donors (Lipinski definition) is 1. The number of pyridine rings is 1. The SMILES string of the molecule is Cc1ccc[n+](Cc2cnc(C)nc2N)c1.